The lowest BCUT2D eigenvalue weighted by atomic mass is 10.0. The zero-order valence-corrected chi connectivity index (χ0v) is 20.6. The summed E-state index contributed by atoms with van der Waals surface area (Å²) < 4.78 is 0. The molecule has 1 aliphatic rings. The highest BCUT2D eigenvalue weighted by Gasteiger charge is 1.97. The van der Waals surface area contributed by atoms with E-state index in [1.54, 1.807) is 0 Å². The van der Waals surface area contributed by atoms with E-state index in [9.17, 15) is 0 Å². The van der Waals surface area contributed by atoms with Crippen molar-refractivity contribution in [3.63, 3.8) is 0 Å². The molecule has 1 saturated heterocycles. The van der Waals surface area contributed by atoms with Crippen molar-refractivity contribution in [3.05, 3.63) is 0 Å². The number of rotatable bonds is 0. The van der Waals surface area contributed by atoms with Crippen LogP contribution in [0.4, 0.5) is 0 Å². The molecule has 2 nitrogen and oxygen atoms in total. The van der Waals surface area contributed by atoms with Crippen molar-refractivity contribution in [2.75, 3.05) is 13.2 Å². The zero-order valence-electron chi connectivity index (χ0n) is 20.6. The highest BCUT2D eigenvalue weighted by Crippen LogP contribution is 2.16. The van der Waals surface area contributed by atoms with E-state index in [-0.39, 0.29) is 0 Å². The Morgan fingerprint density at radius 1 is 0.167 bits per heavy atom. The molecule has 0 atom stereocenters. The summed E-state index contributed by atoms with van der Waals surface area (Å²) in [5.41, 5.74) is 0. The van der Waals surface area contributed by atoms with Crippen LogP contribution in [0.1, 0.15) is 167 Å². The van der Waals surface area contributed by atoms with Crippen LogP contribution in [0.15, 0.2) is 0 Å². The third kappa shape index (κ3) is 22.6. The van der Waals surface area contributed by atoms with Gasteiger partial charge in [-0.3, -0.25) is 0 Å². The van der Waals surface area contributed by atoms with Crippen LogP contribution in [0.5, 0.6) is 0 Å². The molecule has 0 N–H and O–H groups in total. The summed E-state index contributed by atoms with van der Waals surface area (Å²) in [6, 6.07) is 0. The molecule has 0 radical (unpaired) electrons. The Morgan fingerprint density at radius 2 is 0.300 bits per heavy atom. The minimum absolute atomic E-state index is 0.778. The third-order valence-electron chi connectivity index (χ3n) is 6.79. The maximum absolute atomic E-state index is 5.33. The molecule has 0 aromatic rings. The minimum atomic E-state index is 0.778. The zero-order chi connectivity index (χ0) is 21.2. The summed E-state index contributed by atoms with van der Waals surface area (Å²) in [5, 5.41) is 0. The van der Waals surface area contributed by atoms with E-state index in [4.69, 9.17) is 9.78 Å². The van der Waals surface area contributed by atoms with Crippen molar-refractivity contribution in [2.45, 2.75) is 167 Å². The summed E-state index contributed by atoms with van der Waals surface area (Å²) in [6.45, 7) is 1.56. The van der Waals surface area contributed by atoms with E-state index in [1.165, 1.54) is 154 Å². The molecular formula is C28H56O2. The average molecular weight is 425 g/mol. The number of hydrogen-bond donors (Lipinski definition) is 0. The monoisotopic (exact) mass is 424 g/mol. The van der Waals surface area contributed by atoms with E-state index in [0.717, 1.165) is 26.1 Å². The highest BCUT2D eigenvalue weighted by atomic mass is 17.2. The first-order valence-corrected chi connectivity index (χ1v) is 14.2. The standard InChI is InChI=1S/C28H56O2/c1-2-4-6-8-10-12-14-16-18-20-22-24-26-28-30-29-27-25-23-21-19-17-15-13-11-9-7-5-3-1/h1-28H2. The van der Waals surface area contributed by atoms with Crippen molar-refractivity contribution in [3.8, 4) is 0 Å². The fraction of sp³-hybridized carbons (Fsp3) is 1.00. The first-order valence-electron chi connectivity index (χ1n) is 14.2. The van der Waals surface area contributed by atoms with Gasteiger partial charge in [-0.25, -0.2) is 9.78 Å². The van der Waals surface area contributed by atoms with Gasteiger partial charge in [-0.2, -0.15) is 0 Å². The van der Waals surface area contributed by atoms with Gasteiger partial charge in [0.25, 0.3) is 0 Å². The van der Waals surface area contributed by atoms with E-state index in [2.05, 4.69) is 0 Å². The van der Waals surface area contributed by atoms with Gasteiger partial charge in [-0.15, -0.1) is 0 Å². The molecule has 180 valence electrons. The molecule has 0 aromatic heterocycles. The van der Waals surface area contributed by atoms with Crippen LogP contribution in [0, 0.1) is 0 Å². The molecule has 0 spiro atoms. The molecule has 0 aliphatic carbocycles. The lowest BCUT2D eigenvalue weighted by Crippen LogP contribution is -1.99. The maximum Gasteiger partial charge on any atom is 0.0822 e. The van der Waals surface area contributed by atoms with Crippen LogP contribution in [-0.2, 0) is 9.78 Å². The molecule has 0 aromatic carbocycles. The van der Waals surface area contributed by atoms with Crippen LogP contribution < -0.4 is 0 Å². The SMILES string of the molecule is C1CCCCCCCCCCCCCCOOCCCCCCCCCCCCC1. The van der Waals surface area contributed by atoms with Gasteiger partial charge in [-0.1, -0.05) is 154 Å². The van der Waals surface area contributed by atoms with E-state index in [0.29, 0.717) is 0 Å². The summed E-state index contributed by atoms with van der Waals surface area (Å²) >= 11 is 0. The van der Waals surface area contributed by atoms with Gasteiger partial charge in [0.05, 0.1) is 13.2 Å². The molecular weight excluding hydrogens is 368 g/mol. The topological polar surface area (TPSA) is 18.5 Å². The Bertz CT molecular complexity index is 158. The van der Waals surface area contributed by atoms with Gasteiger partial charge in [0.2, 0.25) is 0 Å². The third-order valence-corrected chi connectivity index (χ3v) is 6.79. The predicted molar refractivity (Wildman–Crippen MR) is 132 cm³/mol. The van der Waals surface area contributed by atoms with Gasteiger partial charge in [0, 0.05) is 0 Å². The normalized spacial score (nSPS) is 24.0. The summed E-state index contributed by atoms with van der Waals surface area (Å²) in [6.07, 6.45) is 36.8. The highest BCUT2D eigenvalue weighted by molar-refractivity contribution is 4.52. The van der Waals surface area contributed by atoms with Crippen molar-refractivity contribution in [1.29, 1.82) is 0 Å². The van der Waals surface area contributed by atoms with Crippen LogP contribution in [0.25, 0.3) is 0 Å². The quantitative estimate of drug-likeness (QED) is 0.360. The van der Waals surface area contributed by atoms with Crippen molar-refractivity contribution < 1.29 is 9.78 Å². The largest absolute Gasteiger partial charge is 0.237 e. The Morgan fingerprint density at radius 3 is 0.467 bits per heavy atom. The molecule has 0 bridgehead atoms. The Balaban J connectivity index is 2.00. The van der Waals surface area contributed by atoms with Crippen LogP contribution >= 0.6 is 0 Å². The van der Waals surface area contributed by atoms with Crippen molar-refractivity contribution in [2.24, 2.45) is 0 Å². The van der Waals surface area contributed by atoms with Gasteiger partial charge >= 0.3 is 0 Å². The maximum atomic E-state index is 5.33. The van der Waals surface area contributed by atoms with Crippen LogP contribution in [0.3, 0.4) is 0 Å². The van der Waals surface area contributed by atoms with Gasteiger partial charge in [0.15, 0.2) is 0 Å². The summed E-state index contributed by atoms with van der Waals surface area (Å²) in [4.78, 5) is 10.7. The number of hydrogen-bond acceptors (Lipinski definition) is 2. The van der Waals surface area contributed by atoms with E-state index < -0.39 is 0 Å². The Hall–Kier alpha value is -0.0800. The predicted octanol–water partition coefficient (Wildman–Crippen LogP) is 10.1. The fourth-order valence-electron chi connectivity index (χ4n) is 4.68. The molecule has 0 unspecified atom stereocenters. The fourth-order valence-corrected chi connectivity index (χ4v) is 4.68. The second-order valence-corrected chi connectivity index (χ2v) is 9.84. The lowest BCUT2D eigenvalue weighted by molar-refractivity contribution is -0.295. The molecule has 2 heteroatoms. The van der Waals surface area contributed by atoms with Crippen molar-refractivity contribution >= 4 is 0 Å². The Kier molecular flexibility index (Phi) is 23.5. The van der Waals surface area contributed by atoms with Gasteiger partial charge < -0.3 is 0 Å². The van der Waals surface area contributed by atoms with Crippen LogP contribution in [0.2, 0.25) is 0 Å². The second kappa shape index (κ2) is 25.2. The molecule has 1 rings (SSSR count). The van der Waals surface area contributed by atoms with Crippen molar-refractivity contribution in [1.82, 2.24) is 0 Å². The summed E-state index contributed by atoms with van der Waals surface area (Å²) in [7, 11) is 0. The minimum Gasteiger partial charge on any atom is -0.237 e. The van der Waals surface area contributed by atoms with Crippen LogP contribution in [-0.4, -0.2) is 13.2 Å². The molecule has 0 amide bonds. The molecule has 1 aliphatic heterocycles. The van der Waals surface area contributed by atoms with E-state index >= 15 is 0 Å². The summed E-state index contributed by atoms with van der Waals surface area (Å²) in [5.74, 6) is 0. The molecule has 0 saturated carbocycles. The van der Waals surface area contributed by atoms with Gasteiger partial charge in [-0.05, 0) is 12.8 Å². The second-order valence-electron chi connectivity index (χ2n) is 9.84. The van der Waals surface area contributed by atoms with Gasteiger partial charge in [0.1, 0.15) is 0 Å². The molecule has 1 heterocycles. The first-order chi connectivity index (χ1) is 15.0. The molecule has 1 fully saturated rings. The van der Waals surface area contributed by atoms with E-state index in [1.807, 2.05) is 0 Å². The first kappa shape index (κ1) is 28.0. The Labute approximate surface area is 190 Å². The molecule has 30 heavy (non-hydrogen) atoms. The lowest BCUT2D eigenvalue weighted by Gasteiger charge is -2.06. The average Bonchev–Trinajstić information content (AvgIpc) is 2.76. The smallest absolute Gasteiger partial charge is 0.0822 e.